The summed E-state index contributed by atoms with van der Waals surface area (Å²) in [5.41, 5.74) is 10.2. The van der Waals surface area contributed by atoms with Gasteiger partial charge in [0.2, 0.25) is 0 Å². The van der Waals surface area contributed by atoms with Gasteiger partial charge in [0.15, 0.2) is 0 Å². The third kappa shape index (κ3) is 3.36. The van der Waals surface area contributed by atoms with Gasteiger partial charge in [0.05, 0.1) is 22.3 Å². The SMILES string of the molecule is O=c1c2ccccc2c2cccc3c2n1-c1ncccc1C31c2ccccc2N(c2ccc(-c3ccccc3)cc2)c2ccccc21. The van der Waals surface area contributed by atoms with Gasteiger partial charge in [-0.2, -0.15) is 0 Å². The van der Waals surface area contributed by atoms with Crippen LogP contribution in [0.25, 0.3) is 38.6 Å². The van der Waals surface area contributed by atoms with Crippen molar-refractivity contribution in [2.24, 2.45) is 0 Å². The van der Waals surface area contributed by atoms with Gasteiger partial charge in [0, 0.05) is 28.2 Å². The number of anilines is 3. The molecular weight excluding hydrogens is 574 g/mol. The molecule has 0 bridgehead atoms. The maximum absolute atomic E-state index is 14.4. The molecule has 0 saturated heterocycles. The van der Waals surface area contributed by atoms with E-state index >= 15 is 0 Å². The van der Waals surface area contributed by atoms with E-state index in [1.165, 1.54) is 11.1 Å². The second kappa shape index (κ2) is 9.62. The van der Waals surface area contributed by atoms with Crippen molar-refractivity contribution in [1.29, 1.82) is 0 Å². The van der Waals surface area contributed by atoms with Crippen molar-refractivity contribution in [3.05, 3.63) is 197 Å². The fourth-order valence-electron chi connectivity index (χ4n) is 8.18. The van der Waals surface area contributed by atoms with Crippen LogP contribution in [-0.4, -0.2) is 9.55 Å². The van der Waals surface area contributed by atoms with E-state index in [0.29, 0.717) is 11.2 Å². The molecule has 47 heavy (non-hydrogen) atoms. The van der Waals surface area contributed by atoms with E-state index in [0.717, 1.165) is 55.6 Å². The first-order valence-corrected chi connectivity index (χ1v) is 15.9. The number of benzene rings is 6. The van der Waals surface area contributed by atoms with Gasteiger partial charge in [-0.05, 0) is 69.6 Å². The van der Waals surface area contributed by atoms with E-state index < -0.39 is 5.41 Å². The highest BCUT2D eigenvalue weighted by atomic mass is 16.1. The molecule has 1 spiro atoms. The lowest BCUT2D eigenvalue weighted by molar-refractivity contribution is 0.699. The second-order valence-electron chi connectivity index (χ2n) is 12.3. The summed E-state index contributed by atoms with van der Waals surface area (Å²) in [4.78, 5) is 21.7. The van der Waals surface area contributed by atoms with Crippen LogP contribution in [0.2, 0.25) is 0 Å². The fraction of sp³-hybridized carbons (Fsp3) is 0.0233. The lowest BCUT2D eigenvalue weighted by Crippen LogP contribution is -2.42. The van der Waals surface area contributed by atoms with Crippen LogP contribution in [0.1, 0.15) is 22.3 Å². The Morgan fingerprint density at radius 2 is 1.04 bits per heavy atom. The van der Waals surface area contributed by atoms with Gasteiger partial charge in [-0.25, -0.2) is 4.98 Å². The summed E-state index contributed by atoms with van der Waals surface area (Å²) < 4.78 is 1.85. The predicted octanol–water partition coefficient (Wildman–Crippen LogP) is 9.69. The Bertz CT molecular complexity index is 2560. The molecule has 2 aromatic heterocycles. The average molecular weight is 602 g/mol. The Morgan fingerprint density at radius 1 is 0.468 bits per heavy atom. The summed E-state index contributed by atoms with van der Waals surface area (Å²) in [5.74, 6) is 0.678. The molecule has 0 amide bonds. The number of para-hydroxylation sites is 3. The highest BCUT2D eigenvalue weighted by molar-refractivity contribution is 6.09. The minimum atomic E-state index is -0.717. The van der Waals surface area contributed by atoms with Gasteiger partial charge in [-0.1, -0.05) is 121 Å². The van der Waals surface area contributed by atoms with Gasteiger partial charge in [-0.15, -0.1) is 0 Å². The third-order valence-electron chi connectivity index (χ3n) is 10.0. The van der Waals surface area contributed by atoms with Crippen LogP contribution in [0.15, 0.2) is 169 Å². The van der Waals surface area contributed by atoms with Crippen LogP contribution < -0.4 is 10.5 Å². The van der Waals surface area contributed by atoms with Crippen LogP contribution in [-0.2, 0) is 5.41 Å². The van der Waals surface area contributed by atoms with Crippen molar-refractivity contribution in [3.8, 4) is 16.9 Å². The third-order valence-corrected chi connectivity index (χ3v) is 10.0. The molecule has 0 N–H and O–H groups in total. The molecule has 4 heterocycles. The molecule has 0 atom stereocenters. The number of rotatable bonds is 2. The van der Waals surface area contributed by atoms with E-state index in [-0.39, 0.29) is 5.56 Å². The highest BCUT2D eigenvalue weighted by Gasteiger charge is 2.51. The Kier molecular flexibility index (Phi) is 5.32. The number of pyridine rings is 2. The molecule has 8 aromatic rings. The minimum Gasteiger partial charge on any atom is -0.310 e. The number of nitrogens with zero attached hydrogens (tertiary/aromatic N) is 3. The molecule has 4 heteroatoms. The van der Waals surface area contributed by atoms with Gasteiger partial charge in [0.25, 0.3) is 5.56 Å². The van der Waals surface area contributed by atoms with Crippen LogP contribution >= 0.6 is 0 Å². The van der Waals surface area contributed by atoms with Gasteiger partial charge >= 0.3 is 0 Å². The summed E-state index contributed by atoms with van der Waals surface area (Å²) in [6.45, 7) is 0. The quantitative estimate of drug-likeness (QED) is 0.185. The maximum atomic E-state index is 14.4. The Morgan fingerprint density at radius 3 is 1.79 bits per heavy atom. The van der Waals surface area contributed by atoms with Crippen LogP contribution in [0.3, 0.4) is 0 Å². The van der Waals surface area contributed by atoms with Gasteiger partial charge < -0.3 is 4.90 Å². The summed E-state index contributed by atoms with van der Waals surface area (Å²) in [7, 11) is 0. The number of fused-ring (bicyclic) bond motifs is 10. The van der Waals surface area contributed by atoms with Crippen molar-refractivity contribution >= 4 is 38.7 Å². The molecule has 0 fully saturated rings. The van der Waals surface area contributed by atoms with Crippen LogP contribution in [0.4, 0.5) is 17.1 Å². The Hall–Kier alpha value is -6.26. The van der Waals surface area contributed by atoms with Gasteiger partial charge in [-0.3, -0.25) is 9.36 Å². The van der Waals surface area contributed by atoms with Crippen molar-refractivity contribution in [2.45, 2.75) is 5.41 Å². The molecule has 0 radical (unpaired) electrons. The molecule has 220 valence electrons. The molecule has 6 aromatic carbocycles. The maximum Gasteiger partial charge on any atom is 0.264 e. The summed E-state index contributed by atoms with van der Waals surface area (Å²) >= 11 is 0. The molecule has 4 nitrogen and oxygen atoms in total. The Labute approximate surface area is 271 Å². The number of hydrogen-bond donors (Lipinski definition) is 0. The van der Waals surface area contributed by atoms with Crippen molar-refractivity contribution in [3.63, 3.8) is 0 Å². The van der Waals surface area contributed by atoms with E-state index in [1.54, 1.807) is 6.20 Å². The zero-order valence-electron chi connectivity index (χ0n) is 25.3. The first kappa shape index (κ1) is 26.0. The Balaban J connectivity index is 1.32. The fourth-order valence-corrected chi connectivity index (χ4v) is 8.18. The van der Waals surface area contributed by atoms with E-state index in [2.05, 4.69) is 132 Å². The lowest BCUT2D eigenvalue weighted by atomic mass is 9.61. The molecule has 0 saturated carbocycles. The van der Waals surface area contributed by atoms with E-state index in [1.807, 2.05) is 34.9 Å². The first-order chi connectivity index (χ1) is 23.3. The minimum absolute atomic E-state index is 0.0483. The summed E-state index contributed by atoms with van der Waals surface area (Å²) in [6.07, 6.45) is 1.80. The second-order valence-corrected chi connectivity index (χ2v) is 12.3. The highest BCUT2D eigenvalue weighted by Crippen LogP contribution is 2.60. The molecule has 10 rings (SSSR count). The number of aromatic nitrogens is 2. The summed E-state index contributed by atoms with van der Waals surface area (Å²) in [5, 5.41) is 2.69. The van der Waals surface area contributed by atoms with E-state index in [4.69, 9.17) is 4.98 Å². The van der Waals surface area contributed by atoms with Crippen LogP contribution in [0, 0.1) is 0 Å². The van der Waals surface area contributed by atoms with Gasteiger partial charge in [0.1, 0.15) is 5.82 Å². The largest absolute Gasteiger partial charge is 0.310 e. The monoisotopic (exact) mass is 601 g/mol. The predicted molar refractivity (Wildman–Crippen MR) is 190 cm³/mol. The van der Waals surface area contributed by atoms with E-state index in [9.17, 15) is 4.79 Å². The standard InChI is InChI=1S/C43H27N3O/c47-42-33-15-5-4-14-31(33)32-16-10-19-36-40(32)46(42)41-37(20-11-27-44-41)43(36)34-17-6-8-21-38(34)45(39-22-9-7-18-35(39)43)30-25-23-29(24-26-30)28-12-2-1-3-13-28/h1-27H. The zero-order valence-corrected chi connectivity index (χ0v) is 25.3. The number of hydrogen-bond acceptors (Lipinski definition) is 3. The van der Waals surface area contributed by atoms with Crippen LogP contribution in [0.5, 0.6) is 0 Å². The molecule has 2 aliphatic heterocycles. The van der Waals surface area contributed by atoms with Crippen molar-refractivity contribution in [2.75, 3.05) is 4.90 Å². The zero-order chi connectivity index (χ0) is 31.1. The van der Waals surface area contributed by atoms with Crippen molar-refractivity contribution in [1.82, 2.24) is 9.55 Å². The average Bonchev–Trinajstić information content (AvgIpc) is 3.15. The molecule has 2 aliphatic rings. The lowest BCUT2D eigenvalue weighted by Gasteiger charge is -2.48. The van der Waals surface area contributed by atoms with Crippen molar-refractivity contribution < 1.29 is 0 Å². The molecule has 0 aliphatic carbocycles. The summed E-state index contributed by atoms with van der Waals surface area (Å²) in [6, 6.07) is 55.3. The first-order valence-electron chi connectivity index (χ1n) is 15.9. The molecular formula is C43H27N3O. The smallest absolute Gasteiger partial charge is 0.264 e. The normalized spacial score (nSPS) is 13.7. The molecule has 0 unspecified atom stereocenters. The topological polar surface area (TPSA) is 38.1 Å².